The van der Waals surface area contributed by atoms with E-state index in [2.05, 4.69) is 15.9 Å². The Morgan fingerprint density at radius 1 is 1.09 bits per heavy atom. The number of amides is 2. The number of carbonyl (C=O) groups excluding carboxylic acids is 2. The summed E-state index contributed by atoms with van der Waals surface area (Å²) in [6, 6.07) is 17.8. The second-order valence-electron chi connectivity index (χ2n) is 9.27. The second kappa shape index (κ2) is 11.8. The quantitative estimate of drug-likeness (QED) is 0.530. The van der Waals surface area contributed by atoms with Crippen LogP contribution in [0.15, 0.2) is 59.1 Å². The van der Waals surface area contributed by atoms with Crippen molar-refractivity contribution in [3.8, 4) is 5.75 Å². The number of hydrogen-bond donors (Lipinski definition) is 0. The highest BCUT2D eigenvalue weighted by atomic mass is 79.9. The first-order valence-electron chi connectivity index (χ1n) is 12.1. The van der Waals surface area contributed by atoms with Crippen LogP contribution >= 0.6 is 15.9 Å². The van der Waals surface area contributed by atoms with E-state index in [1.54, 1.807) is 4.90 Å². The number of carbonyl (C=O) groups is 2. The van der Waals surface area contributed by atoms with Crippen LogP contribution in [0.3, 0.4) is 0 Å². The van der Waals surface area contributed by atoms with Crippen molar-refractivity contribution in [2.24, 2.45) is 11.8 Å². The van der Waals surface area contributed by atoms with Gasteiger partial charge in [0.15, 0.2) is 0 Å². The summed E-state index contributed by atoms with van der Waals surface area (Å²) in [6.45, 7) is 3.05. The Balaban J connectivity index is 1.45. The molecule has 0 aromatic heterocycles. The maximum Gasteiger partial charge on any atom is 0.225 e. The fourth-order valence-electron chi connectivity index (χ4n) is 4.81. The van der Waals surface area contributed by atoms with E-state index in [0.29, 0.717) is 45.7 Å². The van der Waals surface area contributed by atoms with Gasteiger partial charge in [-0.15, -0.1) is 0 Å². The normalized spacial score (nSPS) is 21.2. The summed E-state index contributed by atoms with van der Waals surface area (Å²) >= 11 is 3.50. The molecule has 2 saturated heterocycles. The highest BCUT2D eigenvalue weighted by Crippen LogP contribution is 2.29. The van der Waals surface area contributed by atoms with Gasteiger partial charge in [0, 0.05) is 69.0 Å². The number of rotatable bonds is 7. The van der Waals surface area contributed by atoms with Gasteiger partial charge in [-0.3, -0.25) is 9.59 Å². The Labute approximate surface area is 210 Å². The van der Waals surface area contributed by atoms with E-state index in [0.717, 1.165) is 28.6 Å². The third kappa shape index (κ3) is 6.60. The van der Waals surface area contributed by atoms with Crippen LogP contribution < -0.4 is 4.74 Å². The third-order valence-corrected chi connectivity index (χ3v) is 7.25. The average Bonchev–Trinajstić information content (AvgIpc) is 2.86. The van der Waals surface area contributed by atoms with Crippen LogP contribution in [0.2, 0.25) is 0 Å². The molecule has 0 saturated carbocycles. The van der Waals surface area contributed by atoms with Crippen LogP contribution in [0.4, 0.5) is 0 Å². The first-order valence-corrected chi connectivity index (χ1v) is 12.9. The molecule has 7 heteroatoms. The molecule has 0 aliphatic carbocycles. The molecular weight excluding hydrogens is 496 g/mol. The minimum atomic E-state index is -0.123. The number of ether oxygens (including phenoxy) is 2. The van der Waals surface area contributed by atoms with E-state index in [1.807, 2.05) is 66.5 Å². The second-order valence-corrected chi connectivity index (χ2v) is 10.2. The predicted molar refractivity (Wildman–Crippen MR) is 134 cm³/mol. The van der Waals surface area contributed by atoms with Crippen molar-refractivity contribution in [3.05, 3.63) is 64.6 Å². The summed E-state index contributed by atoms with van der Waals surface area (Å²) in [5, 5.41) is 0. The molecule has 2 aliphatic rings. The first kappa shape index (κ1) is 24.7. The number of nitrogens with zero attached hydrogens (tertiary/aromatic N) is 2. The highest BCUT2D eigenvalue weighted by molar-refractivity contribution is 9.10. The van der Waals surface area contributed by atoms with Crippen molar-refractivity contribution in [1.29, 1.82) is 0 Å². The molecule has 0 radical (unpaired) electrons. The molecule has 2 fully saturated rings. The zero-order valence-electron chi connectivity index (χ0n) is 19.7. The van der Waals surface area contributed by atoms with Crippen molar-refractivity contribution in [2.45, 2.75) is 38.3 Å². The van der Waals surface area contributed by atoms with Gasteiger partial charge in [0.25, 0.3) is 0 Å². The van der Waals surface area contributed by atoms with Crippen molar-refractivity contribution < 1.29 is 19.1 Å². The first-order chi connectivity index (χ1) is 16.5. The zero-order valence-corrected chi connectivity index (χ0v) is 21.3. The molecule has 2 aliphatic heterocycles. The molecule has 34 heavy (non-hydrogen) atoms. The van der Waals surface area contributed by atoms with Crippen molar-refractivity contribution >= 4 is 27.7 Å². The molecule has 0 N–H and O–H groups in total. The minimum absolute atomic E-state index is 0.0217. The van der Waals surface area contributed by atoms with E-state index in [-0.39, 0.29) is 29.8 Å². The lowest BCUT2D eigenvalue weighted by Crippen LogP contribution is -2.51. The summed E-state index contributed by atoms with van der Waals surface area (Å²) in [5.41, 5.74) is 1.10. The van der Waals surface area contributed by atoms with E-state index in [4.69, 9.17) is 9.47 Å². The summed E-state index contributed by atoms with van der Waals surface area (Å²) in [4.78, 5) is 30.1. The Kier molecular flexibility index (Phi) is 8.62. The number of halogens is 1. The lowest BCUT2D eigenvalue weighted by atomic mass is 9.89. The van der Waals surface area contributed by atoms with E-state index < -0.39 is 0 Å². The van der Waals surface area contributed by atoms with Crippen molar-refractivity contribution in [2.75, 3.05) is 33.4 Å². The lowest BCUT2D eigenvalue weighted by molar-refractivity contribution is -0.144. The topological polar surface area (TPSA) is 59.1 Å². The van der Waals surface area contributed by atoms with Gasteiger partial charge in [0.2, 0.25) is 11.8 Å². The molecule has 0 bridgehead atoms. The Morgan fingerprint density at radius 3 is 2.59 bits per heavy atom. The zero-order chi connectivity index (χ0) is 23.9. The summed E-state index contributed by atoms with van der Waals surface area (Å²) in [5.74, 6) is 0.991. The van der Waals surface area contributed by atoms with Gasteiger partial charge in [-0.25, -0.2) is 0 Å². The van der Waals surface area contributed by atoms with E-state index in [9.17, 15) is 9.59 Å². The van der Waals surface area contributed by atoms with Gasteiger partial charge in [0.05, 0.1) is 0 Å². The largest absolute Gasteiger partial charge is 0.490 e. The van der Waals surface area contributed by atoms with Gasteiger partial charge in [-0.05, 0) is 36.6 Å². The molecule has 2 aromatic carbocycles. The van der Waals surface area contributed by atoms with E-state index in [1.165, 1.54) is 0 Å². The van der Waals surface area contributed by atoms with Gasteiger partial charge in [-0.2, -0.15) is 0 Å². The highest BCUT2D eigenvalue weighted by Gasteiger charge is 2.37. The van der Waals surface area contributed by atoms with Gasteiger partial charge >= 0.3 is 0 Å². The smallest absolute Gasteiger partial charge is 0.225 e. The Hall–Kier alpha value is -2.38. The lowest BCUT2D eigenvalue weighted by Gasteiger charge is -2.40. The summed E-state index contributed by atoms with van der Waals surface area (Å²) in [7, 11) is 1.84. The van der Waals surface area contributed by atoms with Gasteiger partial charge < -0.3 is 19.3 Å². The maximum absolute atomic E-state index is 13.2. The molecule has 0 unspecified atom stereocenters. The molecule has 182 valence electrons. The van der Waals surface area contributed by atoms with Crippen molar-refractivity contribution in [1.82, 2.24) is 9.80 Å². The maximum atomic E-state index is 13.2. The molecule has 0 spiro atoms. The summed E-state index contributed by atoms with van der Waals surface area (Å²) in [6.07, 6.45) is 2.48. The molecule has 2 aromatic rings. The third-order valence-electron chi connectivity index (χ3n) is 6.76. The number of benzene rings is 2. The number of piperidine rings is 1. The van der Waals surface area contributed by atoms with Crippen LogP contribution in [-0.4, -0.2) is 61.1 Å². The van der Waals surface area contributed by atoms with Gasteiger partial charge in [0.1, 0.15) is 11.9 Å². The number of likely N-dealkylation sites (tertiary alicyclic amines) is 1. The van der Waals surface area contributed by atoms with Crippen LogP contribution in [0, 0.1) is 11.8 Å². The fourth-order valence-corrected chi connectivity index (χ4v) is 5.18. The van der Waals surface area contributed by atoms with Crippen LogP contribution in [0.5, 0.6) is 5.75 Å². The monoisotopic (exact) mass is 528 g/mol. The van der Waals surface area contributed by atoms with Gasteiger partial charge in [-0.1, -0.05) is 52.3 Å². The molecule has 2 heterocycles. The Bertz CT molecular complexity index is 964. The SMILES string of the molecule is CN(Cc1ccccc1)C(=O)C[C@H]1CN(C(=O)C2CCOCC2)CC[C@@H]1Oc1cccc(Br)c1. The summed E-state index contributed by atoms with van der Waals surface area (Å²) < 4.78 is 12.7. The van der Waals surface area contributed by atoms with Crippen molar-refractivity contribution in [3.63, 3.8) is 0 Å². The number of hydrogen-bond acceptors (Lipinski definition) is 4. The molecule has 2 amide bonds. The Morgan fingerprint density at radius 2 is 1.85 bits per heavy atom. The van der Waals surface area contributed by atoms with Crippen LogP contribution in [0.1, 0.15) is 31.2 Å². The fraction of sp³-hybridized carbons (Fsp3) is 0.481. The molecule has 2 atom stereocenters. The van der Waals surface area contributed by atoms with E-state index >= 15 is 0 Å². The molecular formula is C27H33BrN2O4. The van der Waals surface area contributed by atoms with Crippen LogP contribution in [0.25, 0.3) is 0 Å². The standard InChI is InChI=1S/C27H33BrN2O4/c1-29(18-20-6-3-2-4-7-20)26(31)16-22-19-30(27(32)21-11-14-33-15-12-21)13-10-25(22)34-24-9-5-8-23(28)17-24/h2-9,17,21-22,25H,10-16,18-19H2,1H3/t22-,25-/m0/s1. The van der Waals surface area contributed by atoms with Crippen LogP contribution in [-0.2, 0) is 20.9 Å². The molecule has 6 nitrogen and oxygen atoms in total. The minimum Gasteiger partial charge on any atom is -0.490 e. The molecule has 4 rings (SSSR count). The average molecular weight is 529 g/mol. The predicted octanol–water partition coefficient (Wildman–Crippen LogP) is 4.52.